The SMILES string of the molecule is CCc1oc(C(N)=O)cc1C. The van der Waals surface area contributed by atoms with Crippen LogP contribution in [0, 0.1) is 6.92 Å². The van der Waals surface area contributed by atoms with Gasteiger partial charge in [0.05, 0.1) is 0 Å². The summed E-state index contributed by atoms with van der Waals surface area (Å²) in [7, 11) is 0. The van der Waals surface area contributed by atoms with Gasteiger partial charge in [-0.05, 0) is 18.6 Å². The highest BCUT2D eigenvalue weighted by Crippen LogP contribution is 2.13. The Labute approximate surface area is 65.2 Å². The predicted molar refractivity (Wildman–Crippen MR) is 41.3 cm³/mol. The monoisotopic (exact) mass is 153 g/mol. The number of primary amides is 1. The van der Waals surface area contributed by atoms with E-state index < -0.39 is 5.91 Å². The van der Waals surface area contributed by atoms with Crippen molar-refractivity contribution in [2.24, 2.45) is 5.73 Å². The molecule has 0 bridgehead atoms. The van der Waals surface area contributed by atoms with E-state index in [1.807, 2.05) is 13.8 Å². The second-order valence-corrected chi connectivity index (χ2v) is 2.43. The Bertz CT molecular complexity index is 276. The van der Waals surface area contributed by atoms with E-state index in [9.17, 15) is 4.79 Å². The number of carbonyl (C=O) groups excluding carboxylic acids is 1. The van der Waals surface area contributed by atoms with E-state index >= 15 is 0 Å². The lowest BCUT2D eigenvalue weighted by Gasteiger charge is -1.88. The molecule has 2 N–H and O–H groups in total. The van der Waals surface area contributed by atoms with Crippen LogP contribution in [0.2, 0.25) is 0 Å². The van der Waals surface area contributed by atoms with Crippen molar-refractivity contribution in [2.45, 2.75) is 20.3 Å². The Kier molecular flexibility index (Phi) is 1.98. The molecule has 0 aliphatic rings. The number of nitrogens with two attached hydrogens (primary N) is 1. The average Bonchev–Trinajstić information content (AvgIpc) is 2.31. The largest absolute Gasteiger partial charge is 0.456 e. The zero-order chi connectivity index (χ0) is 8.43. The number of rotatable bonds is 2. The van der Waals surface area contributed by atoms with Crippen LogP contribution in [0.4, 0.5) is 0 Å². The standard InChI is InChI=1S/C8H11NO2/c1-3-6-5(2)4-7(11-6)8(9)10/h4H,3H2,1-2H3,(H2,9,10). The summed E-state index contributed by atoms with van der Waals surface area (Å²) in [4.78, 5) is 10.6. The van der Waals surface area contributed by atoms with Crippen LogP contribution in [-0.2, 0) is 6.42 Å². The van der Waals surface area contributed by atoms with Gasteiger partial charge in [-0.3, -0.25) is 4.79 Å². The van der Waals surface area contributed by atoms with Crippen molar-refractivity contribution in [3.8, 4) is 0 Å². The van der Waals surface area contributed by atoms with E-state index in [0.717, 1.165) is 17.7 Å². The van der Waals surface area contributed by atoms with E-state index in [-0.39, 0.29) is 5.76 Å². The molecule has 1 aromatic heterocycles. The van der Waals surface area contributed by atoms with Crippen LogP contribution < -0.4 is 5.73 Å². The first kappa shape index (κ1) is 7.85. The molecule has 0 atom stereocenters. The quantitative estimate of drug-likeness (QED) is 0.695. The lowest BCUT2D eigenvalue weighted by molar-refractivity contribution is 0.0972. The summed E-state index contributed by atoms with van der Waals surface area (Å²) in [5, 5.41) is 0. The van der Waals surface area contributed by atoms with Crippen LogP contribution >= 0.6 is 0 Å². The van der Waals surface area contributed by atoms with Gasteiger partial charge in [0.25, 0.3) is 5.91 Å². The first-order valence-corrected chi connectivity index (χ1v) is 3.54. The molecule has 1 rings (SSSR count). The second kappa shape index (κ2) is 2.78. The van der Waals surface area contributed by atoms with Crippen molar-refractivity contribution >= 4 is 5.91 Å². The lowest BCUT2D eigenvalue weighted by atomic mass is 10.2. The van der Waals surface area contributed by atoms with Crippen molar-refractivity contribution in [3.63, 3.8) is 0 Å². The summed E-state index contributed by atoms with van der Waals surface area (Å²) >= 11 is 0. The van der Waals surface area contributed by atoms with E-state index in [1.165, 1.54) is 0 Å². The van der Waals surface area contributed by atoms with E-state index in [2.05, 4.69) is 0 Å². The molecule has 60 valence electrons. The molecule has 3 nitrogen and oxygen atoms in total. The van der Waals surface area contributed by atoms with E-state index in [0.29, 0.717) is 0 Å². The molecule has 11 heavy (non-hydrogen) atoms. The molecular weight excluding hydrogens is 142 g/mol. The van der Waals surface area contributed by atoms with Gasteiger partial charge in [-0.15, -0.1) is 0 Å². The fraction of sp³-hybridized carbons (Fsp3) is 0.375. The number of furan rings is 1. The molecule has 0 unspecified atom stereocenters. The van der Waals surface area contributed by atoms with Crippen LogP contribution in [0.15, 0.2) is 10.5 Å². The number of aryl methyl sites for hydroxylation is 2. The third-order valence-corrected chi connectivity index (χ3v) is 1.58. The Morgan fingerprint density at radius 3 is 2.64 bits per heavy atom. The number of hydrogen-bond donors (Lipinski definition) is 1. The summed E-state index contributed by atoms with van der Waals surface area (Å²) < 4.78 is 5.15. The molecular formula is C8H11NO2. The molecule has 0 radical (unpaired) electrons. The van der Waals surface area contributed by atoms with E-state index in [4.69, 9.17) is 10.2 Å². The van der Waals surface area contributed by atoms with Gasteiger partial charge in [-0.1, -0.05) is 6.92 Å². The highest BCUT2D eigenvalue weighted by Gasteiger charge is 2.09. The normalized spacial score (nSPS) is 10.0. The highest BCUT2D eigenvalue weighted by molar-refractivity contribution is 5.90. The van der Waals surface area contributed by atoms with Crippen molar-refractivity contribution in [2.75, 3.05) is 0 Å². The predicted octanol–water partition coefficient (Wildman–Crippen LogP) is 1.25. The summed E-state index contributed by atoms with van der Waals surface area (Å²) in [5.74, 6) is 0.575. The summed E-state index contributed by atoms with van der Waals surface area (Å²) in [6.45, 7) is 3.87. The molecule has 0 fully saturated rings. The van der Waals surface area contributed by atoms with Gasteiger partial charge in [0.15, 0.2) is 5.76 Å². The van der Waals surface area contributed by atoms with Crippen LogP contribution in [0.1, 0.15) is 28.8 Å². The molecule has 0 aliphatic carbocycles. The van der Waals surface area contributed by atoms with Gasteiger partial charge < -0.3 is 10.2 Å². The molecule has 0 aliphatic heterocycles. The van der Waals surface area contributed by atoms with Crippen molar-refractivity contribution in [1.29, 1.82) is 0 Å². The maximum Gasteiger partial charge on any atom is 0.284 e. The Morgan fingerprint density at radius 1 is 1.73 bits per heavy atom. The fourth-order valence-electron chi connectivity index (χ4n) is 0.992. The van der Waals surface area contributed by atoms with Gasteiger partial charge in [0, 0.05) is 6.42 Å². The van der Waals surface area contributed by atoms with Gasteiger partial charge in [0.1, 0.15) is 5.76 Å². The van der Waals surface area contributed by atoms with Crippen LogP contribution in [-0.4, -0.2) is 5.91 Å². The smallest absolute Gasteiger partial charge is 0.284 e. The van der Waals surface area contributed by atoms with Crippen molar-refractivity contribution < 1.29 is 9.21 Å². The minimum absolute atomic E-state index is 0.249. The lowest BCUT2D eigenvalue weighted by Crippen LogP contribution is -2.09. The third kappa shape index (κ3) is 1.42. The van der Waals surface area contributed by atoms with Gasteiger partial charge in [0.2, 0.25) is 0 Å². The van der Waals surface area contributed by atoms with Crippen molar-refractivity contribution in [1.82, 2.24) is 0 Å². The highest BCUT2D eigenvalue weighted by atomic mass is 16.3. The minimum atomic E-state index is -0.507. The zero-order valence-corrected chi connectivity index (χ0v) is 6.68. The van der Waals surface area contributed by atoms with Gasteiger partial charge in [-0.25, -0.2) is 0 Å². The Hall–Kier alpha value is -1.25. The molecule has 0 saturated carbocycles. The van der Waals surface area contributed by atoms with Gasteiger partial charge >= 0.3 is 0 Å². The summed E-state index contributed by atoms with van der Waals surface area (Å²) in [6.07, 6.45) is 0.791. The second-order valence-electron chi connectivity index (χ2n) is 2.43. The fourth-order valence-corrected chi connectivity index (χ4v) is 0.992. The summed E-state index contributed by atoms with van der Waals surface area (Å²) in [6, 6.07) is 1.67. The average molecular weight is 153 g/mol. The maximum atomic E-state index is 10.6. The molecule has 0 aromatic carbocycles. The Balaban J connectivity index is 3.05. The molecule has 0 saturated heterocycles. The van der Waals surface area contributed by atoms with E-state index in [1.54, 1.807) is 6.07 Å². The van der Waals surface area contributed by atoms with Gasteiger partial charge in [-0.2, -0.15) is 0 Å². The van der Waals surface area contributed by atoms with Crippen LogP contribution in [0.5, 0.6) is 0 Å². The molecule has 1 aromatic rings. The number of hydrogen-bond acceptors (Lipinski definition) is 2. The molecule has 3 heteroatoms. The number of carbonyl (C=O) groups is 1. The molecule has 1 heterocycles. The molecule has 0 spiro atoms. The first-order chi connectivity index (χ1) is 5.15. The van der Waals surface area contributed by atoms with Crippen LogP contribution in [0.25, 0.3) is 0 Å². The van der Waals surface area contributed by atoms with Crippen molar-refractivity contribution in [3.05, 3.63) is 23.2 Å². The molecule has 1 amide bonds. The maximum absolute atomic E-state index is 10.6. The third-order valence-electron chi connectivity index (χ3n) is 1.58. The number of amides is 1. The van der Waals surface area contributed by atoms with Crippen LogP contribution in [0.3, 0.4) is 0 Å². The Morgan fingerprint density at radius 2 is 2.36 bits per heavy atom. The zero-order valence-electron chi connectivity index (χ0n) is 6.68. The first-order valence-electron chi connectivity index (χ1n) is 3.54. The minimum Gasteiger partial charge on any atom is -0.456 e. The summed E-state index contributed by atoms with van der Waals surface area (Å²) in [5.41, 5.74) is 6.01. The topological polar surface area (TPSA) is 56.2 Å².